The number of anilines is 1. The number of fused-ring (bicyclic) bond motifs is 1. The first-order valence-corrected chi connectivity index (χ1v) is 11.9. The number of para-hydroxylation sites is 1. The molecule has 7 heteroatoms. The Balaban J connectivity index is 1.54. The minimum Gasteiger partial charge on any atom is -0.497 e. The largest absolute Gasteiger partial charge is 0.497 e. The van der Waals surface area contributed by atoms with Gasteiger partial charge in [0, 0.05) is 17.8 Å². The number of carbonyl (C=O) groups excluding carboxylic acids is 2. The van der Waals surface area contributed by atoms with Crippen molar-refractivity contribution < 1.29 is 14.3 Å². The second-order valence-corrected chi connectivity index (χ2v) is 9.17. The quantitative estimate of drug-likeness (QED) is 0.438. The number of amides is 2. The molecule has 182 valence electrons. The lowest BCUT2D eigenvalue weighted by atomic mass is 9.93. The first-order chi connectivity index (χ1) is 17.4. The molecular formula is C29H28N4O3. The zero-order valence-electron chi connectivity index (χ0n) is 20.6. The van der Waals surface area contributed by atoms with Crippen LogP contribution in [0.3, 0.4) is 0 Å². The van der Waals surface area contributed by atoms with Crippen LogP contribution in [0.15, 0.2) is 84.9 Å². The van der Waals surface area contributed by atoms with Crippen molar-refractivity contribution in [3.05, 3.63) is 102 Å². The van der Waals surface area contributed by atoms with Gasteiger partial charge in [-0.3, -0.25) is 19.2 Å². The predicted molar refractivity (Wildman–Crippen MR) is 139 cm³/mol. The van der Waals surface area contributed by atoms with E-state index in [1.54, 1.807) is 29.7 Å². The maximum Gasteiger partial charge on any atom is 0.277 e. The Labute approximate surface area is 210 Å². The minimum atomic E-state index is -1.19. The average molecular weight is 481 g/mol. The summed E-state index contributed by atoms with van der Waals surface area (Å²) < 4.78 is 6.91. The first kappa shape index (κ1) is 23.4. The SMILES string of the molecule is COc1ccc(-c2cc3n(n2)C[C@](C)(C(=O)NCc2ccccc2)N(c2ccccc2C)C3=O)cc1. The maximum absolute atomic E-state index is 14.0. The van der Waals surface area contributed by atoms with E-state index in [0.717, 1.165) is 22.4 Å². The fourth-order valence-corrected chi connectivity index (χ4v) is 4.64. The molecule has 36 heavy (non-hydrogen) atoms. The molecule has 1 N–H and O–H groups in total. The van der Waals surface area contributed by atoms with Crippen LogP contribution in [0.5, 0.6) is 5.75 Å². The van der Waals surface area contributed by atoms with Gasteiger partial charge in [0.25, 0.3) is 5.91 Å². The standard InChI is InChI=1S/C29H28N4O3/c1-20-9-7-8-12-25(20)33-27(34)26-17-24(22-13-15-23(36-3)16-14-22)31-32(26)19-29(33,2)28(35)30-18-21-10-5-4-6-11-21/h4-17H,18-19H2,1-3H3,(H,30,35)/t29-/m1/s1. The number of aryl methyl sites for hydroxylation is 1. The second kappa shape index (κ2) is 9.34. The third-order valence-corrected chi connectivity index (χ3v) is 6.68. The molecule has 2 amide bonds. The number of methoxy groups -OCH3 is 1. The highest BCUT2D eigenvalue weighted by Gasteiger charge is 2.49. The van der Waals surface area contributed by atoms with Crippen LogP contribution in [0.2, 0.25) is 0 Å². The molecule has 0 saturated carbocycles. The van der Waals surface area contributed by atoms with E-state index in [1.807, 2.05) is 85.8 Å². The highest BCUT2D eigenvalue weighted by Crippen LogP contribution is 2.36. The smallest absolute Gasteiger partial charge is 0.277 e. The Kier molecular flexibility index (Phi) is 6.06. The van der Waals surface area contributed by atoms with Gasteiger partial charge in [-0.15, -0.1) is 0 Å². The normalized spacial score (nSPS) is 17.0. The number of rotatable bonds is 6. The summed E-state index contributed by atoms with van der Waals surface area (Å²) in [5, 5.41) is 7.77. The molecule has 0 bridgehead atoms. The average Bonchev–Trinajstić information content (AvgIpc) is 3.33. The number of ether oxygens (including phenoxy) is 1. The molecule has 2 heterocycles. The van der Waals surface area contributed by atoms with Crippen molar-refractivity contribution in [2.45, 2.75) is 32.5 Å². The topological polar surface area (TPSA) is 76.5 Å². The van der Waals surface area contributed by atoms with Crippen molar-refractivity contribution in [1.82, 2.24) is 15.1 Å². The molecule has 1 aliphatic rings. The van der Waals surface area contributed by atoms with Crippen LogP contribution in [0.4, 0.5) is 5.69 Å². The van der Waals surface area contributed by atoms with E-state index in [4.69, 9.17) is 9.84 Å². The minimum absolute atomic E-state index is 0.221. The maximum atomic E-state index is 14.0. The molecule has 0 unspecified atom stereocenters. The van der Waals surface area contributed by atoms with E-state index in [1.165, 1.54) is 0 Å². The summed E-state index contributed by atoms with van der Waals surface area (Å²) in [4.78, 5) is 29.3. The number of aromatic nitrogens is 2. The number of benzene rings is 3. The molecule has 1 atom stereocenters. The van der Waals surface area contributed by atoms with Gasteiger partial charge in [0.05, 0.1) is 19.3 Å². The van der Waals surface area contributed by atoms with Crippen molar-refractivity contribution in [3.8, 4) is 17.0 Å². The second-order valence-electron chi connectivity index (χ2n) is 9.17. The molecule has 7 nitrogen and oxygen atoms in total. The highest BCUT2D eigenvalue weighted by atomic mass is 16.5. The van der Waals surface area contributed by atoms with Gasteiger partial charge < -0.3 is 10.1 Å². The van der Waals surface area contributed by atoms with Crippen molar-refractivity contribution in [3.63, 3.8) is 0 Å². The van der Waals surface area contributed by atoms with E-state index < -0.39 is 5.54 Å². The lowest BCUT2D eigenvalue weighted by Gasteiger charge is -2.43. The molecule has 3 aromatic carbocycles. The molecule has 1 aromatic heterocycles. The summed E-state index contributed by atoms with van der Waals surface area (Å²) in [7, 11) is 1.62. The number of nitrogens with one attached hydrogen (secondary N) is 1. The summed E-state index contributed by atoms with van der Waals surface area (Å²) in [6.07, 6.45) is 0. The molecular weight excluding hydrogens is 452 g/mol. The molecule has 0 spiro atoms. The van der Waals surface area contributed by atoms with E-state index in [2.05, 4.69) is 5.32 Å². The van der Waals surface area contributed by atoms with Crippen molar-refractivity contribution in [1.29, 1.82) is 0 Å². The van der Waals surface area contributed by atoms with Gasteiger partial charge in [-0.2, -0.15) is 5.10 Å². The fraction of sp³-hybridized carbons (Fsp3) is 0.207. The fourth-order valence-electron chi connectivity index (χ4n) is 4.64. The number of hydrogen-bond acceptors (Lipinski definition) is 4. The van der Waals surface area contributed by atoms with Crippen molar-refractivity contribution in [2.75, 3.05) is 12.0 Å². The third kappa shape index (κ3) is 4.13. The van der Waals surface area contributed by atoms with E-state index in [9.17, 15) is 9.59 Å². The van der Waals surface area contributed by atoms with Gasteiger partial charge in [0.1, 0.15) is 17.0 Å². The van der Waals surface area contributed by atoms with Gasteiger partial charge in [0.2, 0.25) is 5.91 Å². The van der Waals surface area contributed by atoms with Crippen LogP contribution < -0.4 is 15.0 Å². The Hall–Kier alpha value is -4.39. The van der Waals surface area contributed by atoms with Crippen LogP contribution in [0, 0.1) is 6.92 Å². The van der Waals surface area contributed by atoms with Crippen molar-refractivity contribution in [2.24, 2.45) is 0 Å². The van der Waals surface area contributed by atoms with Gasteiger partial charge in [-0.25, -0.2) is 0 Å². The molecule has 0 aliphatic carbocycles. The summed E-state index contributed by atoms with van der Waals surface area (Å²) >= 11 is 0. The van der Waals surface area contributed by atoms with Gasteiger partial charge in [-0.05, 0) is 61.4 Å². The van der Waals surface area contributed by atoms with E-state index >= 15 is 0 Å². The number of nitrogens with zero attached hydrogens (tertiary/aromatic N) is 3. The Morgan fingerprint density at radius 3 is 2.42 bits per heavy atom. The Morgan fingerprint density at radius 1 is 1.03 bits per heavy atom. The van der Waals surface area contributed by atoms with Crippen LogP contribution in [-0.4, -0.2) is 34.2 Å². The molecule has 1 aliphatic heterocycles. The van der Waals surface area contributed by atoms with Gasteiger partial charge in [-0.1, -0.05) is 48.5 Å². The monoisotopic (exact) mass is 480 g/mol. The zero-order chi connectivity index (χ0) is 25.3. The van der Waals surface area contributed by atoms with Gasteiger partial charge in [0.15, 0.2) is 0 Å². The van der Waals surface area contributed by atoms with Gasteiger partial charge >= 0.3 is 0 Å². The lowest BCUT2D eigenvalue weighted by Crippen LogP contribution is -2.64. The summed E-state index contributed by atoms with van der Waals surface area (Å²) in [5.41, 5.74) is 3.39. The molecule has 0 fully saturated rings. The number of hydrogen-bond donors (Lipinski definition) is 1. The van der Waals surface area contributed by atoms with Crippen LogP contribution in [0.25, 0.3) is 11.3 Å². The summed E-state index contributed by atoms with van der Waals surface area (Å²) in [6, 6.07) is 26.7. The highest BCUT2D eigenvalue weighted by molar-refractivity contribution is 6.12. The van der Waals surface area contributed by atoms with E-state index in [-0.39, 0.29) is 18.4 Å². The summed E-state index contributed by atoms with van der Waals surface area (Å²) in [6.45, 7) is 4.34. The molecule has 4 aromatic rings. The van der Waals surface area contributed by atoms with Crippen molar-refractivity contribution >= 4 is 17.5 Å². The third-order valence-electron chi connectivity index (χ3n) is 6.68. The molecule has 0 saturated heterocycles. The Morgan fingerprint density at radius 2 is 1.72 bits per heavy atom. The van der Waals surface area contributed by atoms with Crippen LogP contribution in [-0.2, 0) is 17.9 Å². The zero-order valence-corrected chi connectivity index (χ0v) is 20.6. The van der Waals surface area contributed by atoms with E-state index in [0.29, 0.717) is 23.6 Å². The molecule has 5 rings (SSSR count). The van der Waals surface area contributed by atoms with Crippen LogP contribution in [0.1, 0.15) is 28.5 Å². The summed E-state index contributed by atoms with van der Waals surface area (Å²) in [5.74, 6) is 0.238. The molecule has 0 radical (unpaired) electrons. The van der Waals surface area contributed by atoms with Crippen LogP contribution >= 0.6 is 0 Å². The predicted octanol–water partition coefficient (Wildman–Crippen LogP) is 4.60. The first-order valence-electron chi connectivity index (χ1n) is 11.9. The Bertz CT molecular complexity index is 1410. The number of carbonyl (C=O) groups is 2. The lowest BCUT2D eigenvalue weighted by molar-refractivity contribution is -0.126.